The van der Waals surface area contributed by atoms with E-state index in [-0.39, 0.29) is 12.4 Å². The first-order valence-electron chi connectivity index (χ1n) is 3.23. The molecule has 0 N–H and O–H groups in total. The molecule has 0 rings (SSSR count). The van der Waals surface area contributed by atoms with Gasteiger partial charge < -0.3 is 14.2 Å². The van der Waals surface area contributed by atoms with Crippen LogP contribution in [0.1, 0.15) is 0 Å². The lowest BCUT2D eigenvalue weighted by Crippen LogP contribution is -2.08. The molecule has 4 heteroatoms. The third-order valence-electron chi connectivity index (χ3n) is 0.986. The van der Waals surface area contributed by atoms with Crippen LogP contribution in [0.5, 0.6) is 0 Å². The molecule has 0 fully saturated rings. The van der Waals surface area contributed by atoms with E-state index in [1.54, 1.807) is 0 Å². The van der Waals surface area contributed by atoms with Crippen molar-refractivity contribution in [1.29, 1.82) is 0 Å². The highest BCUT2D eigenvalue weighted by atomic mass is 16.6. The van der Waals surface area contributed by atoms with Crippen molar-refractivity contribution in [1.82, 2.24) is 0 Å². The van der Waals surface area contributed by atoms with Crippen LogP contribution >= 0.6 is 0 Å². The van der Waals surface area contributed by atoms with Crippen molar-refractivity contribution in [2.24, 2.45) is 0 Å². The molecule has 68 valence electrons. The van der Waals surface area contributed by atoms with Gasteiger partial charge in [0.05, 0.1) is 7.11 Å². The summed E-state index contributed by atoms with van der Waals surface area (Å²) in [4.78, 5) is 10.7. The summed E-state index contributed by atoms with van der Waals surface area (Å²) < 4.78 is 13.9. The van der Waals surface area contributed by atoms with Crippen LogP contribution in [0.2, 0.25) is 0 Å². The highest BCUT2D eigenvalue weighted by Gasteiger charge is 2.08. The highest BCUT2D eigenvalue weighted by Crippen LogP contribution is 2.03. The van der Waals surface area contributed by atoms with Gasteiger partial charge in [-0.2, -0.15) is 0 Å². The number of rotatable bonds is 5. The molecule has 0 aliphatic carbocycles. The topological polar surface area (TPSA) is 44.8 Å². The van der Waals surface area contributed by atoms with Gasteiger partial charge in [-0.25, -0.2) is 4.79 Å². The summed E-state index contributed by atoms with van der Waals surface area (Å²) in [5.74, 6) is -0.403. The van der Waals surface area contributed by atoms with Gasteiger partial charge in [-0.15, -0.1) is 0 Å². The molecule has 0 bridgehead atoms. The minimum atomic E-state index is -0.618. The first-order valence-corrected chi connectivity index (χ1v) is 3.23. The average Bonchev–Trinajstić information content (AvgIpc) is 2.03. The lowest BCUT2D eigenvalue weighted by Gasteiger charge is -2.07. The van der Waals surface area contributed by atoms with Crippen LogP contribution in [-0.4, -0.2) is 26.8 Å². The summed E-state index contributed by atoms with van der Waals surface area (Å²) in [6, 6.07) is 0. The van der Waals surface area contributed by atoms with Gasteiger partial charge in [0.2, 0.25) is 5.76 Å². The minimum Gasteiger partial charge on any atom is -0.463 e. The predicted octanol–water partition coefficient (Wildman–Crippen LogP) is 0.850. The Bertz CT molecular complexity index is 195. The summed E-state index contributed by atoms with van der Waals surface area (Å²) in [6.07, 6.45) is 0. The average molecular weight is 172 g/mol. The van der Waals surface area contributed by atoms with Gasteiger partial charge in [0.25, 0.3) is 0 Å². The number of hydrogen-bond acceptors (Lipinski definition) is 4. The molecule has 12 heavy (non-hydrogen) atoms. The summed E-state index contributed by atoms with van der Waals surface area (Å²) >= 11 is 0. The van der Waals surface area contributed by atoms with Gasteiger partial charge in [0.15, 0.2) is 0 Å². The minimum absolute atomic E-state index is 0.0976. The highest BCUT2D eigenvalue weighted by molar-refractivity contribution is 5.85. The van der Waals surface area contributed by atoms with Crippen molar-refractivity contribution < 1.29 is 19.0 Å². The zero-order valence-corrected chi connectivity index (χ0v) is 7.25. The Kier molecular flexibility index (Phi) is 4.79. The smallest absolute Gasteiger partial charge is 0.373 e. The van der Waals surface area contributed by atoms with Crippen LogP contribution in [0.25, 0.3) is 0 Å². The fourth-order valence-electron chi connectivity index (χ4n) is 0.520. The molecule has 0 aromatic carbocycles. The van der Waals surface area contributed by atoms with Crippen LogP contribution in [0, 0.1) is 0 Å². The van der Waals surface area contributed by atoms with Crippen LogP contribution in [0.3, 0.4) is 0 Å². The molecule has 0 aliphatic rings. The third-order valence-corrected chi connectivity index (χ3v) is 0.986. The zero-order valence-electron chi connectivity index (χ0n) is 7.25. The van der Waals surface area contributed by atoms with Crippen molar-refractivity contribution in [2.45, 2.75) is 0 Å². The molecule has 0 radical (unpaired) electrons. The van der Waals surface area contributed by atoms with Crippen LogP contribution in [-0.2, 0) is 19.0 Å². The zero-order chi connectivity index (χ0) is 9.56. The lowest BCUT2D eigenvalue weighted by molar-refractivity contribution is -0.139. The monoisotopic (exact) mass is 172 g/mol. The molecular formula is C8H12O4. The molecular weight excluding hydrogens is 160 g/mol. The normalized spacial score (nSPS) is 8.83. The molecule has 0 saturated carbocycles. The molecule has 4 nitrogen and oxygen atoms in total. The van der Waals surface area contributed by atoms with E-state index in [0.717, 1.165) is 0 Å². The van der Waals surface area contributed by atoms with Gasteiger partial charge in [0, 0.05) is 7.11 Å². The van der Waals surface area contributed by atoms with Crippen LogP contribution in [0.15, 0.2) is 24.7 Å². The van der Waals surface area contributed by atoms with Gasteiger partial charge in [-0.1, -0.05) is 6.58 Å². The van der Waals surface area contributed by atoms with E-state index >= 15 is 0 Å². The Hall–Kier alpha value is -1.29. The number of esters is 1. The number of ether oxygens (including phenoxy) is 3. The molecule has 0 saturated heterocycles. The van der Waals surface area contributed by atoms with Crippen molar-refractivity contribution >= 4 is 5.97 Å². The summed E-state index contributed by atoms with van der Waals surface area (Å²) in [5.41, 5.74) is 0. The summed E-state index contributed by atoms with van der Waals surface area (Å²) in [6.45, 7) is 7.04. The first-order chi connectivity index (χ1) is 5.61. The molecule has 0 aromatic heterocycles. The van der Waals surface area contributed by atoms with Gasteiger partial charge in [-0.05, 0) is 6.58 Å². The van der Waals surface area contributed by atoms with E-state index in [1.807, 2.05) is 0 Å². The Labute approximate surface area is 71.4 Å². The SMILES string of the molecule is C=C(COC)OC(=C)C(=O)OC. The van der Waals surface area contributed by atoms with Gasteiger partial charge >= 0.3 is 5.97 Å². The largest absolute Gasteiger partial charge is 0.463 e. The number of hydrogen-bond donors (Lipinski definition) is 0. The van der Waals surface area contributed by atoms with Crippen molar-refractivity contribution in [2.75, 3.05) is 20.8 Å². The number of carbonyl (C=O) groups is 1. The Balaban J connectivity index is 3.84. The maximum atomic E-state index is 10.7. The Morgan fingerprint density at radius 1 is 1.33 bits per heavy atom. The first kappa shape index (κ1) is 10.7. The Morgan fingerprint density at radius 3 is 2.33 bits per heavy atom. The standard InChI is InChI=1S/C8H12O4/c1-6(5-10-3)12-7(2)8(9)11-4/h1-2,5H2,3-4H3. The summed E-state index contributed by atoms with van der Waals surface area (Å²) in [7, 11) is 2.74. The molecule has 0 atom stereocenters. The van der Waals surface area contributed by atoms with Gasteiger partial charge in [-0.3, -0.25) is 0 Å². The maximum Gasteiger partial charge on any atom is 0.373 e. The molecule has 0 aliphatic heterocycles. The van der Waals surface area contributed by atoms with E-state index in [2.05, 4.69) is 17.9 Å². The van der Waals surface area contributed by atoms with Crippen molar-refractivity contribution in [3.63, 3.8) is 0 Å². The predicted molar refractivity (Wildman–Crippen MR) is 43.3 cm³/mol. The fraction of sp³-hybridized carbons (Fsp3) is 0.375. The number of carbonyl (C=O) groups excluding carboxylic acids is 1. The van der Waals surface area contributed by atoms with Crippen LogP contribution < -0.4 is 0 Å². The number of methoxy groups -OCH3 is 2. The second-order valence-electron chi connectivity index (χ2n) is 1.99. The molecule has 0 heterocycles. The van der Waals surface area contributed by atoms with E-state index in [9.17, 15) is 4.79 Å². The fourth-order valence-corrected chi connectivity index (χ4v) is 0.520. The molecule has 0 unspecified atom stereocenters. The lowest BCUT2D eigenvalue weighted by atomic mass is 10.5. The maximum absolute atomic E-state index is 10.7. The van der Waals surface area contributed by atoms with Crippen LogP contribution in [0.4, 0.5) is 0 Å². The molecule has 0 spiro atoms. The van der Waals surface area contributed by atoms with Crippen molar-refractivity contribution in [3.8, 4) is 0 Å². The van der Waals surface area contributed by atoms with E-state index < -0.39 is 5.97 Å². The quantitative estimate of drug-likeness (QED) is 0.350. The van der Waals surface area contributed by atoms with E-state index in [0.29, 0.717) is 5.76 Å². The second kappa shape index (κ2) is 5.37. The second-order valence-corrected chi connectivity index (χ2v) is 1.99. The molecule has 0 aromatic rings. The molecule has 0 amide bonds. The van der Waals surface area contributed by atoms with E-state index in [4.69, 9.17) is 9.47 Å². The van der Waals surface area contributed by atoms with Gasteiger partial charge in [0.1, 0.15) is 12.4 Å². The third kappa shape index (κ3) is 3.78. The summed E-state index contributed by atoms with van der Waals surface area (Å²) in [5, 5.41) is 0. The van der Waals surface area contributed by atoms with E-state index in [1.165, 1.54) is 14.2 Å². The Morgan fingerprint density at radius 2 is 1.92 bits per heavy atom. The van der Waals surface area contributed by atoms with Crippen molar-refractivity contribution in [3.05, 3.63) is 24.7 Å².